The van der Waals surface area contributed by atoms with Gasteiger partial charge in [-0.25, -0.2) is 5.48 Å². The summed E-state index contributed by atoms with van der Waals surface area (Å²) in [5.74, 6) is 3.43. The van der Waals surface area contributed by atoms with Crippen molar-refractivity contribution in [3.05, 3.63) is 29.1 Å². The summed E-state index contributed by atoms with van der Waals surface area (Å²) in [6.07, 6.45) is 5.46. The van der Waals surface area contributed by atoms with Crippen LogP contribution in [0, 0.1) is 29.1 Å². The molecule has 2 unspecified atom stereocenters. The quantitative estimate of drug-likeness (QED) is 0.660. The van der Waals surface area contributed by atoms with Crippen LogP contribution in [0.15, 0.2) is 12.3 Å². The van der Waals surface area contributed by atoms with Crippen LogP contribution in [-0.2, 0) is 13.0 Å². The first-order valence-electron chi connectivity index (χ1n) is 8.78. The van der Waals surface area contributed by atoms with Crippen LogP contribution < -0.4 is 5.48 Å². The lowest BCUT2D eigenvalue weighted by Crippen LogP contribution is -2.78. The summed E-state index contributed by atoms with van der Waals surface area (Å²) < 4.78 is 0. The van der Waals surface area contributed by atoms with Gasteiger partial charge in [0.05, 0.1) is 11.3 Å². The molecule has 0 aromatic carbocycles. The highest BCUT2D eigenvalue weighted by Gasteiger charge is 2.76. The third-order valence-electron chi connectivity index (χ3n) is 7.48. The molecule has 2 N–H and O–H groups in total. The molecule has 0 spiro atoms. The zero-order valence-corrected chi connectivity index (χ0v) is 13.5. The molecule has 0 bridgehead atoms. The van der Waals surface area contributed by atoms with Crippen molar-refractivity contribution in [2.75, 3.05) is 13.1 Å². The van der Waals surface area contributed by atoms with Gasteiger partial charge in [0.1, 0.15) is 0 Å². The second kappa shape index (κ2) is 4.54. The van der Waals surface area contributed by atoms with E-state index in [1.165, 1.54) is 19.4 Å². The maximum Gasteiger partial charge on any atom is 0.276 e. The molecule has 122 valence electrons. The van der Waals surface area contributed by atoms with Gasteiger partial charge in [-0.2, -0.15) is 0 Å². The molecule has 0 radical (unpaired) electrons. The normalized spacial score (nSPS) is 40.1. The number of hydrogen-bond acceptors (Lipinski definition) is 4. The molecule has 3 saturated carbocycles. The fourth-order valence-electron chi connectivity index (χ4n) is 6.26. The predicted molar refractivity (Wildman–Crippen MR) is 83.8 cm³/mol. The third kappa shape index (κ3) is 1.64. The van der Waals surface area contributed by atoms with Crippen LogP contribution >= 0.6 is 0 Å². The SMILES string of the molecule is CC1C2CC3CC1C32CN1CCc2cc(C(=O)NO)cnc2C1. The lowest BCUT2D eigenvalue weighted by molar-refractivity contribution is -0.335. The third-order valence-corrected chi connectivity index (χ3v) is 7.48. The van der Waals surface area contributed by atoms with E-state index in [1.807, 2.05) is 6.07 Å². The Morgan fingerprint density at radius 3 is 2.91 bits per heavy atom. The molecule has 4 aliphatic rings. The van der Waals surface area contributed by atoms with Crippen LogP contribution in [0.3, 0.4) is 0 Å². The van der Waals surface area contributed by atoms with Crippen molar-refractivity contribution in [2.45, 2.75) is 32.7 Å². The maximum absolute atomic E-state index is 11.5. The van der Waals surface area contributed by atoms with E-state index >= 15 is 0 Å². The molecule has 2 atom stereocenters. The summed E-state index contributed by atoms with van der Waals surface area (Å²) in [6.45, 7) is 5.65. The Morgan fingerprint density at radius 2 is 2.26 bits per heavy atom. The summed E-state index contributed by atoms with van der Waals surface area (Å²) in [5, 5.41) is 8.74. The molecule has 1 amide bonds. The van der Waals surface area contributed by atoms with E-state index in [9.17, 15) is 4.79 Å². The molecule has 1 aromatic rings. The van der Waals surface area contributed by atoms with Gasteiger partial charge in [-0.1, -0.05) is 6.92 Å². The van der Waals surface area contributed by atoms with Gasteiger partial charge in [0, 0.05) is 25.8 Å². The van der Waals surface area contributed by atoms with Crippen molar-refractivity contribution < 1.29 is 10.0 Å². The minimum Gasteiger partial charge on any atom is -0.297 e. The van der Waals surface area contributed by atoms with Gasteiger partial charge >= 0.3 is 0 Å². The fourth-order valence-corrected chi connectivity index (χ4v) is 6.26. The van der Waals surface area contributed by atoms with Gasteiger partial charge < -0.3 is 0 Å². The molecule has 3 fully saturated rings. The first-order chi connectivity index (χ1) is 11.1. The molecule has 5 heteroatoms. The molecule has 3 aliphatic carbocycles. The summed E-state index contributed by atoms with van der Waals surface area (Å²) in [7, 11) is 0. The lowest BCUT2D eigenvalue weighted by atomic mass is 9.24. The molecule has 23 heavy (non-hydrogen) atoms. The average molecular weight is 313 g/mol. The largest absolute Gasteiger partial charge is 0.297 e. The monoisotopic (exact) mass is 313 g/mol. The van der Waals surface area contributed by atoms with Crippen LogP contribution in [0.2, 0.25) is 0 Å². The highest BCUT2D eigenvalue weighted by atomic mass is 16.5. The Balaban J connectivity index is 1.31. The van der Waals surface area contributed by atoms with Crippen LogP contribution in [0.1, 0.15) is 41.4 Å². The summed E-state index contributed by atoms with van der Waals surface area (Å²) >= 11 is 0. The Morgan fingerprint density at radius 1 is 1.48 bits per heavy atom. The van der Waals surface area contributed by atoms with Crippen molar-refractivity contribution in [1.82, 2.24) is 15.4 Å². The molecule has 0 saturated heterocycles. The number of carbonyl (C=O) groups excluding carboxylic acids is 1. The Hall–Kier alpha value is -1.46. The van der Waals surface area contributed by atoms with Crippen molar-refractivity contribution in [1.29, 1.82) is 0 Å². The predicted octanol–water partition coefficient (Wildman–Crippen LogP) is 1.85. The number of hydroxylamine groups is 1. The summed E-state index contributed by atoms with van der Waals surface area (Å²) in [4.78, 5) is 18.6. The number of aromatic nitrogens is 1. The molecule has 2 heterocycles. The van der Waals surface area contributed by atoms with Gasteiger partial charge in [-0.15, -0.1) is 0 Å². The summed E-state index contributed by atoms with van der Waals surface area (Å²) in [5.41, 5.74) is 5.02. The van der Waals surface area contributed by atoms with Gasteiger partial charge in [-0.05, 0) is 60.0 Å². The smallest absolute Gasteiger partial charge is 0.276 e. The van der Waals surface area contributed by atoms with Crippen molar-refractivity contribution in [2.24, 2.45) is 29.1 Å². The number of nitrogens with one attached hydrogen (secondary N) is 1. The van der Waals surface area contributed by atoms with Crippen molar-refractivity contribution >= 4 is 5.91 Å². The van der Waals surface area contributed by atoms with E-state index in [-0.39, 0.29) is 0 Å². The number of fused-ring (bicyclic) bond motifs is 1. The molecule has 1 aromatic heterocycles. The van der Waals surface area contributed by atoms with Crippen LogP contribution in [0.5, 0.6) is 0 Å². The van der Waals surface area contributed by atoms with E-state index in [2.05, 4.69) is 16.8 Å². The van der Waals surface area contributed by atoms with Gasteiger partial charge in [-0.3, -0.25) is 19.9 Å². The standard InChI is InChI=1S/C18H23N3O2/c1-10-14-5-13-6-15(10)18(13,14)9-21-3-2-11-4-12(17(22)20-23)7-19-16(11)8-21/h4,7,10,13-15,23H,2-3,5-6,8-9H2,1H3,(H,20,22). The number of amides is 1. The highest BCUT2D eigenvalue weighted by molar-refractivity contribution is 5.93. The van der Waals surface area contributed by atoms with E-state index in [0.717, 1.165) is 54.4 Å². The van der Waals surface area contributed by atoms with Gasteiger partial charge in [0.15, 0.2) is 0 Å². The maximum atomic E-state index is 11.5. The number of carbonyl (C=O) groups is 1. The zero-order valence-electron chi connectivity index (χ0n) is 13.5. The number of rotatable bonds is 3. The second-order valence-electron chi connectivity index (χ2n) is 8.08. The fraction of sp³-hybridized carbons (Fsp3) is 0.667. The molecular formula is C18H23N3O2. The number of hydrogen-bond donors (Lipinski definition) is 2. The van der Waals surface area contributed by atoms with Crippen molar-refractivity contribution in [3.63, 3.8) is 0 Å². The summed E-state index contributed by atoms with van der Waals surface area (Å²) in [6, 6.07) is 1.87. The highest BCUT2D eigenvalue weighted by Crippen LogP contribution is 2.81. The second-order valence-corrected chi connectivity index (χ2v) is 8.08. The van der Waals surface area contributed by atoms with Crippen LogP contribution in [0.4, 0.5) is 0 Å². The van der Waals surface area contributed by atoms with Crippen LogP contribution in [0.25, 0.3) is 0 Å². The molecule has 5 nitrogen and oxygen atoms in total. The Kier molecular flexibility index (Phi) is 2.75. The average Bonchev–Trinajstić information content (AvgIpc) is 2.59. The Bertz CT molecular complexity index is 675. The van der Waals surface area contributed by atoms with E-state index in [0.29, 0.717) is 11.0 Å². The minimum atomic E-state index is -0.484. The number of pyridine rings is 1. The minimum absolute atomic E-state index is 0.436. The molecular weight excluding hydrogens is 290 g/mol. The van der Waals surface area contributed by atoms with Gasteiger partial charge in [0.25, 0.3) is 5.91 Å². The van der Waals surface area contributed by atoms with E-state index in [1.54, 1.807) is 11.7 Å². The zero-order chi connectivity index (χ0) is 15.8. The first kappa shape index (κ1) is 13.9. The number of nitrogens with zero attached hydrogens (tertiary/aromatic N) is 2. The Labute approximate surface area is 136 Å². The first-order valence-corrected chi connectivity index (χ1v) is 8.78. The molecule has 1 aliphatic heterocycles. The van der Waals surface area contributed by atoms with Crippen molar-refractivity contribution in [3.8, 4) is 0 Å². The van der Waals surface area contributed by atoms with E-state index in [4.69, 9.17) is 5.21 Å². The molecule has 5 rings (SSSR count). The van der Waals surface area contributed by atoms with Crippen LogP contribution in [-0.4, -0.2) is 34.1 Å². The lowest BCUT2D eigenvalue weighted by Gasteiger charge is -2.82. The van der Waals surface area contributed by atoms with E-state index < -0.39 is 5.91 Å². The van der Waals surface area contributed by atoms with Gasteiger partial charge in [0.2, 0.25) is 0 Å². The topological polar surface area (TPSA) is 65.5 Å².